The van der Waals surface area contributed by atoms with Gasteiger partial charge in [-0.3, -0.25) is 14.9 Å². The minimum Gasteiger partial charge on any atom is -0.396 e. The molecule has 2 aromatic rings. The maximum absolute atomic E-state index is 9.73. The summed E-state index contributed by atoms with van der Waals surface area (Å²) in [5.74, 6) is 0. The standard InChI is InChI=1S/C24H36ClN5O/c1-18(2)29-10-7-22(8-11-29)30-13-12-28(17-23(30)9-14-31)16-20-15-26-27-24(20)19-3-5-21(25)6-4-19/h3-6,15,18,22-23,31H,7-14,16-17H2,1-2H3,(H,26,27). The number of hydrogen-bond donors (Lipinski definition) is 2. The second-order valence-electron chi connectivity index (χ2n) is 9.28. The van der Waals surface area contributed by atoms with E-state index in [0.29, 0.717) is 18.1 Å². The smallest absolute Gasteiger partial charge is 0.0695 e. The van der Waals surface area contributed by atoms with Crippen molar-refractivity contribution in [2.75, 3.05) is 39.3 Å². The Morgan fingerprint density at radius 1 is 1.13 bits per heavy atom. The van der Waals surface area contributed by atoms with E-state index in [2.05, 4.69) is 38.7 Å². The Morgan fingerprint density at radius 2 is 1.87 bits per heavy atom. The molecule has 0 aliphatic carbocycles. The quantitative estimate of drug-likeness (QED) is 0.683. The third kappa shape index (κ3) is 5.49. The first-order valence-corrected chi connectivity index (χ1v) is 12.0. The van der Waals surface area contributed by atoms with Crippen molar-refractivity contribution in [1.29, 1.82) is 0 Å². The molecule has 3 heterocycles. The lowest BCUT2D eigenvalue weighted by molar-refractivity contribution is 0.00000984. The van der Waals surface area contributed by atoms with E-state index < -0.39 is 0 Å². The Bertz CT molecular complexity index is 816. The van der Waals surface area contributed by atoms with E-state index in [9.17, 15) is 5.11 Å². The van der Waals surface area contributed by atoms with Crippen LogP contribution in [0.25, 0.3) is 11.3 Å². The molecule has 31 heavy (non-hydrogen) atoms. The average Bonchev–Trinajstić information content (AvgIpc) is 3.23. The van der Waals surface area contributed by atoms with Gasteiger partial charge in [-0.15, -0.1) is 0 Å². The number of piperidine rings is 1. The highest BCUT2D eigenvalue weighted by atomic mass is 35.5. The zero-order chi connectivity index (χ0) is 21.8. The Labute approximate surface area is 191 Å². The number of piperazine rings is 1. The molecule has 170 valence electrons. The van der Waals surface area contributed by atoms with Gasteiger partial charge in [0, 0.05) is 61.5 Å². The third-order valence-electron chi connectivity index (χ3n) is 7.02. The molecule has 1 atom stereocenters. The summed E-state index contributed by atoms with van der Waals surface area (Å²) in [4.78, 5) is 7.80. The Kier molecular flexibility index (Phi) is 7.67. The number of benzene rings is 1. The molecule has 0 bridgehead atoms. The van der Waals surface area contributed by atoms with Gasteiger partial charge in [0.25, 0.3) is 0 Å². The number of nitrogens with zero attached hydrogens (tertiary/aromatic N) is 4. The van der Waals surface area contributed by atoms with Crippen LogP contribution in [0, 0.1) is 0 Å². The van der Waals surface area contributed by atoms with Gasteiger partial charge in [0.05, 0.1) is 11.9 Å². The topological polar surface area (TPSA) is 58.6 Å². The van der Waals surface area contributed by atoms with Crippen LogP contribution in [0.3, 0.4) is 0 Å². The van der Waals surface area contributed by atoms with E-state index in [1.807, 2.05) is 30.5 Å². The number of hydrogen-bond acceptors (Lipinski definition) is 5. The van der Waals surface area contributed by atoms with Gasteiger partial charge in [-0.05, 0) is 63.9 Å². The van der Waals surface area contributed by atoms with Crippen molar-refractivity contribution in [3.63, 3.8) is 0 Å². The fourth-order valence-corrected chi connectivity index (χ4v) is 5.36. The van der Waals surface area contributed by atoms with E-state index in [4.69, 9.17) is 11.6 Å². The normalized spacial score (nSPS) is 22.4. The van der Waals surface area contributed by atoms with Crippen molar-refractivity contribution in [2.45, 2.75) is 57.8 Å². The molecular formula is C24H36ClN5O. The molecule has 1 aromatic heterocycles. The van der Waals surface area contributed by atoms with E-state index in [0.717, 1.165) is 48.9 Å². The molecule has 2 N–H and O–H groups in total. The van der Waals surface area contributed by atoms with Gasteiger partial charge < -0.3 is 10.0 Å². The highest BCUT2D eigenvalue weighted by Gasteiger charge is 2.34. The van der Waals surface area contributed by atoms with Crippen LogP contribution in [-0.4, -0.2) is 87.5 Å². The summed E-state index contributed by atoms with van der Waals surface area (Å²) in [5, 5.41) is 17.9. The van der Waals surface area contributed by atoms with Crippen molar-refractivity contribution < 1.29 is 5.11 Å². The van der Waals surface area contributed by atoms with Gasteiger partial charge in [0.2, 0.25) is 0 Å². The molecule has 6 nitrogen and oxygen atoms in total. The molecule has 1 unspecified atom stereocenters. The summed E-state index contributed by atoms with van der Waals surface area (Å²) in [6.45, 7) is 11.2. The Balaban J connectivity index is 1.39. The zero-order valence-corrected chi connectivity index (χ0v) is 19.6. The second kappa shape index (κ2) is 10.5. The Morgan fingerprint density at radius 3 is 2.55 bits per heavy atom. The zero-order valence-electron chi connectivity index (χ0n) is 18.8. The van der Waals surface area contributed by atoms with Gasteiger partial charge in [0.15, 0.2) is 0 Å². The van der Waals surface area contributed by atoms with Crippen LogP contribution in [-0.2, 0) is 6.54 Å². The second-order valence-corrected chi connectivity index (χ2v) is 9.71. The summed E-state index contributed by atoms with van der Waals surface area (Å²) < 4.78 is 0. The van der Waals surface area contributed by atoms with Crippen LogP contribution in [0.4, 0.5) is 0 Å². The number of nitrogens with one attached hydrogen (secondary N) is 1. The molecule has 0 saturated carbocycles. The van der Waals surface area contributed by atoms with Crippen LogP contribution < -0.4 is 0 Å². The predicted octanol–water partition coefficient (Wildman–Crippen LogP) is 3.47. The molecule has 0 radical (unpaired) electrons. The maximum atomic E-state index is 9.73. The lowest BCUT2D eigenvalue weighted by atomic mass is 9.97. The van der Waals surface area contributed by atoms with Gasteiger partial charge >= 0.3 is 0 Å². The molecule has 4 rings (SSSR count). The minimum absolute atomic E-state index is 0.252. The predicted molar refractivity (Wildman–Crippen MR) is 126 cm³/mol. The Hall–Kier alpha value is -1.44. The lowest BCUT2D eigenvalue weighted by Crippen LogP contribution is -2.58. The average molecular weight is 446 g/mol. The highest BCUT2D eigenvalue weighted by molar-refractivity contribution is 6.30. The molecule has 2 aliphatic heterocycles. The number of H-pyrrole nitrogens is 1. The van der Waals surface area contributed by atoms with Crippen LogP contribution in [0.15, 0.2) is 30.5 Å². The first-order valence-electron chi connectivity index (χ1n) is 11.7. The van der Waals surface area contributed by atoms with Gasteiger partial charge in [-0.25, -0.2) is 0 Å². The fourth-order valence-electron chi connectivity index (χ4n) is 5.24. The summed E-state index contributed by atoms with van der Waals surface area (Å²) in [5.41, 5.74) is 3.39. The minimum atomic E-state index is 0.252. The summed E-state index contributed by atoms with van der Waals surface area (Å²) in [6.07, 6.45) is 5.26. The van der Waals surface area contributed by atoms with Crippen molar-refractivity contribution in [3.8, 4) is 11.3 Å². The molecule has 0 spiro atoms. The van der Waals surface area contributed by atoms with Gasteiger partial charge in [-0.2, -0.15) is 5.10 Å². The number of aromatic amines is 1. The molecule has 1 aromatic carbocycles. The van der Waals surface area contributed by atoms with Crippen LogP contribution in [0.2, 0.25) is 5.02 Å². The first kappa shape index (κ1) is 22.7. The van der Waals surface area contributed by atoms with E-state index in [1.165, 1.54) is 31.5 Å². The number of likely N-dealkylation sites (tertiary alicyclic amines) is 1. The monoisotopic (exact) mass is 445 g/mol. The van der Waals surface area contributed by atoms with Crippen molar-refractivity contribution in [2.24, 2.45) is 0 Å². The van der Waals surface area contributed by atoms with Crippen molar-refractivity contribution >= 4 is 11.6 Å². The first-order chi connectivity index (χ1) is 15.0. The van der Waals surface area contributed by atoms with Crippen LogP contribution >= 0.6 is 11.6 Å². The highest BCUT2D eigenvalue weighted by Crippen LogP contribution is 2.27. The number of rotatable bonds is 7. The number of aromatic nitrogens is 2. The van der Waals surface area contributed by atoms with Gasteiger partial charge in [-0.1, -0.05) is 23.7 Å². The molecule has 0 amide bonds. The number of aliphatic hydroxyl groups excluding tert-OH is 1. The molecule has 2 saturated heterocycles. The lowest BCUT2D eigenvalue weighted by Gasteiger charge is -2.48. The van der Waals surface area contributed by atoms with Crippen LogP contribution in [0.1, 0.15) is 38.7 Å². The molecule has 2 aliphatic rings. The summed E-state index contributed by atoms with van der Waals surface area (Å²) in [7, 11) is 0. The SMILES string of the molecule is CC(C)N1CCC(N2CCN(Cc3cn[nH]c3-c3ccc(Cl)cc3)CC2CCO)CC1. The van der Waals surface area contributed by atoms with Gasteiger partial charge in [0.1, 0.15) is 0 Å². The largest absolute Gasteiger partial charge is 0.396 e. The molecule has 7 heteroatoms. The third-order valence-corrected chi connectivity index (χ3v) is 7.27. The van der Waals surface area contributed by atoms with Crippen molar-refractivity contribution in [1.82, 2.24) is 24.9 Å². The van der Waals surface area contributed by atoms with E-state index in [1.54, 1.807) is 0 Å². The number of aliphatic hydroxyl groups is 1. The maximum Gasteiger partial charge on any atom is 0.0695 e. The van der Waals surface area contributed by atoms with Crippen molar-refractivity contribution in [3.05, 3.63) is 41.0 Å². The molecule has 2 fully saturated rings. The summed E-state index contributed by atoms with van der Waals surface area (Å²) >= 11 is 6.05. The van der Waals surface area contributed by atoms with E-state index >= 15 is 0 Å². The molecular weight excluding hydrogens is 410 g/mol. The fraction of sp³-hybridized carbons (Fsp3) is 0.625. The van der Waals surface area contributed by atoms with E-state index in [-0.39, 0.29) is 6.61 Å². The van der Waals surface area contributed by atoms with Crippen LogP contribution in [0.5, 0.6) is 0 Å². The number of halogens is 1. The summed E-state index contributed by atoms with van der Waals surface area (Å²) in [6, 6.07) is 9.61.